The van der Waals surface area contributed by atoms with E-state index in [1.54, 1.807) is 36.2 Å². The summed E-state index contributed by atoms with van der Waals surface area (Å²) in [6.45, 7) is 1.55. The van der Waals surface area contributed by atoms with E-state index >= 15 is 0 Å². The minimum Gasteiger partial charge on any atom is -0.454 e. The fraction of sp³-hybridized carbons (Fsp3) is 0.409. The molecule has 0 bridgehead atoms. The van der Waals surface area contributed by atoms with Gasteiger partial charge in [0.2, 0.25) is 0 Å². The largest absolute Gasteiger partial charge is 0.454 e. The summed E-state index contributed by atoms with van der Waals surface area (Å²) in [7, 11) is 1.68. The molecule has 170 valence electrons. The van der Waals surface area contributed by atoms with Crippen LogP contribution in [0.3, 0.4) is 0 Å². The molecule has 1 aliphatic rings. The van der Waals surface area contributed by atoms with Crippen molar-refractivity contribution in [3.8, 4) is 11.5 Å². The topological polar surface area (TPSA) is 48.9 Å². The van der Waals surface area contributed by atoms with Crippen molar-refractivity contribution in [3.05, 3.63) is 59.9 Å². The van der Waals surface area contributed by atoms with Gasteiger partial charge in [0.25, 0.3) is 6.43 Å². The van der Waals surface area contributed by atoms with Crippen LogP contribution in [0.25, 0.3) is 0 Å². The molecule has 31 heavy (non-hydrogen) atoms. The first-order valence-corrected chi connectivity index (χ1v) is 10.0. The molecular weight excluding hydrogens is 520 g/mol. The molecule has 0 aliphatic carbocycles. The number of nitrogens with zero attached hydrogens (tertiary/aromatic N) is 2. The molecule has 0 amide bonds. The lowest BCUT2D eigenvalue weighted by Gasteiger charge is -2.32. The van der Waals surface area contributed by atoms with Gasteiger partial charge in [-0.05, 0) is 31.0 Å². The number of ether oxygens (including phenoxy) is 1. The number of aliphatic imine (C=N–C) groups is 1. The predicted octanol–water partition coefficient (Wildman–Crippen LogP) is 4.63. The number of halogens is 4. The van der Waals surface area contributed by atoms with Crippen LogP contribution >= 0.6 is 24.0 Å². The van der Waals surface area contributed by atoms with Gasteiger partial charge in [0.15, 0.2) is 17.5 Å². The van der Waals surface area contributed by atoms with Crippen LogP contribution in [0.5, 0.6) is 11.5 Å². The summed E-state index contributed by atoms with van der Waals surface area (Å²) < 4.78 is 44.7. The third kappa shape index (κ3) is 7.88. The van der Waals surface area contributed by atoms with Crippen LogP contribution in [-0.2, 0) is 6.54 Å². The van der Waals surface area contributed by atoms with Crippen LogP contribution < -0.4 is 15.4 Å². The van der Waals surface area contributed by atoms with E-state index < -0.39 is 12.2 Å². The Bertz CT molecular complexity index is 845. The Morgan fingerprint density at radius 1 is 1.10 bits per heavy atom. The minimum absolute atomic E-state index is 0. The molecule has 1 aliphatic heterocycles. The molecule has 5 nitrogen and oxygen atoms in total. The van der Waals surface area contributed by atoms with Gasteiger partial charge in [0.05, 0.1) is 6.54 Å². The average Bonchev–Trinajstić information content (AvgIpc) is 2.74. The number of para-hydroxylation sites is 2. The Morgan fingerprint density at radius 2 is 1.74 bits per heavy atom. The first kappa shape index (κ1) is 25.3. The summed E-state index contributed by atoms with van der Waals surface area (Å²) in [4.78, 5) is 6.04. The monoisotopic (exact) mass is 548 g/mol. The zero-order valence-corrected chi connectivity index (χ0v) is 19.7. The molecule has 2 aromatic carbocycles. The Balaban J connectivity index is 0.00000341. The van der Waals surface area contributed by atoms with Gasteiger partial charge >= 0.3 is 0 Å². The van der Waals surface area contributed by atoms with Crippen LogP contribution in [0.2, 0.25) is 0 Å². The molecule has 0 radical (unpaired) electrons. The second-order valence-corrected chi connectivity index (χ2v) is 7.18. The van der Waals surface area contributed by atoms with Crippen LogP contribution in [-0.4, -0.2) is 50.0 Å². The lowest BCUT2D eigenvalue weighted by molar-refractivity contribution is 0.0744. The van der Waals surface area contributed by atoms with Crippen molar-refractivity contribution in [1.82, 2.24) is 15.5 Å². The molecule has 2 aromatic rings. The standard InChI is InChI=1S/C22H27F3N4O.HI/c1-26-22(28-17-10-12-29(13-11-17)15-21(24)25)27-14-16-6-2-4-8-19(16)30-20-9-5-3-7-18(20)23;/h2-9,17,21H,10-15H2,1H3,(H2,26,27,28);1H. The van der Waals surface area contributed by atoms with Gasteiger partial charge in [-0.1, -0.05) is 30.3 Å². The molecule has 1 fully saturated rings. The summed E-state index contributed by atoms with van der Waals surface area (Å²) in [5.74, 6) is 0.938. The van der Waals surface area contributed by atoms with Gasteiger partial charge in [-0.25, -0.2) is 13.2 Å². The van der Waals surface area contributed by atoms with Gasteiger partial charge in [-0.15, -0.1) is 24.0 Å². The zero-order chi connectivity index (χ0) is 21.3. The van der Waals surface area contributed by atoms with E-state index in [1.807, 2.05) is 18.2 Å². The summed E-state index contributed by atoms with van der Waals surface area (Å²) in [5.41, 5.74) is 0.857. The number of hydrogen-bond donors (Lipinski definition) is 2. The highest BCUT2D eigenvalue weighted by Gasteiger charge is 2.22. The van der Waals surface area contributed by atoms with Gasteiger partial charge in [-0.3, -0.25) is 9.89 Å². The minimum atomic E-state index is -2.30. The smallest absolute Gasteiger partial charge is 0.251 e. The van der Waals surface area contributed by atoms with Gasteiger partial charge in [0, 0.05) is 38.3 Å². The molecule has 9 heteroatoms. The number of guanidine groups is 1. The van der Waals surface area contributed by atoms with Crippen molar-refractivity contribution in [1.29, 1.82) is 0 Å². The first-order chi connectivity index (χ1) is 14.5. The van der Waals surface area contributed by atoms with Crippen molar-refractivity contribution < 1.29 is 17.9 Å². The number of nitrogens with one attached hydrogen (secondary N) is 2. The van der Waals surface area contributed by atoms with Gasteiger partial charge in [0.1, 0.15) is 5.75 Å². The number of alkyl halides is 2. The fourth-order valence-electron chi connectivity index (χ4n) is 3.42. The molecule has 0 aromatic heterocycles. The molecule has 2 N–H and O–H groups in total. The number of benzene rings is 2. The molecule has 0 unspecified atom stereocenters. The lowest BCUT2D eigenvalue weighted by atomic mass is 10.1. The summed E-state index contributed by atoms with van der Waals surface area (Å²) in [6.07, 6.45) is -0.739. The third-order valence-electron chi connectivity index (χ3n) is 5.02. The number of likely N-dealkylation sites (tertiary alicyclic amines) is 1. The van der Waals surface area contributed by atoms with Gasteiger partial charge < -0.3 is 15.4 Å². The number of hydrogen-bond acceptors (Lipinski definition) is 3. The number of piperidine rings is 1. The Labute approximate surface area is 198 Å². The van der Waals surface area contributed by atoms with Crippen LogP contribution in [0, 0.1) is 5.82 Å². The van der Waals surface area contributed by atoms with Crippen LogP contribution in [0.4, 0.5) is 13.2 Å². The first-order valence-electron chi connectivity index (χ1n) is 10.0. The van der Waals surface area contributed by atoms with E-state index in [0.717, 1.165) is 18.4 Å². The van der Waals surface area contributed by atoms with E-state index in [0.29, 0.717) is 31.3 Å². The maximum Gasteiger partial charge on any atom is 0.251 e. The fourth-order valence-corrected chi connectivity index (χ4v) is 3.42. The predicted molar refractivity (Wildman–Crippen MR) is 127 cm³/mol. The Hall–Kier alpha value is -2.01. The highest BCUT2D eigenvalue weighted by Crippen LogP contribution is 2.27. The number of rotatable bonds is 7. The molecular formula is C22H28F3IN4O. The maximum atomic E-state index is 13.9. The summed E-state index contributed by atoms with van der Waals surface area (Å²) >= 11 is 0. The molecule has 3 rings (SSSR count). The lowest BCUT2D eigenvalue weighted by Crippen LogP contribution is -2.49. The van der Waals surface area contributed by atoms with E-state index in [9.17, 15) is 13.2 Å². The van der Waals surface area contributed by atoms with E-state index in [-0.39, 0.29) is 42.3 Å². The average molecular weight is 548 g/mol. The molecule has 0 spiro atoms. The molecule has 1 saturated heterocycles. The summed E-state index contributed by atoms with van der Waals surface area (Å²) in [5, 5.41) is 6.60. The Morgan fingerprint density at radius 3 is 2.39 bits per heavy atom. The highest BCUT2D eigenvalue weighted by atomic mass is 127. The maximum absolute atomic E-state index is 13.9. The van der Waals surface area contributed by atoms with Gasteiger partial charge in [-0.2, -0.15) is 0 Å². The molecule has 0 saturated carbocycles. The second-order valence-electron chi connectivity index (χ2n) is 7.18. The zero-order valence-electron chi connectivity index (χ0n) is 17.4. The van der Waals surface area contributed by atoms with Crippen molar-refractivity contribution >= 4 is 29.9 Å². The third-order valence-corrected chi connectivity index (χ3v) is 5.02. The SMILES string of the molecule is CN=C(NCc1ccccc1Oc1ccccc1F)NC1CCN(CC(F)F)CC1.I. The van der Waals surface area contributed by atoms with Crippen LogP contribution in [0.1, 0.15) is 18.4 Å². The van der Waals surface area contributed by atoms with E-state index in [4.69, 9.17) is 4.74 Å². The molecule has 1 heterocycles. The van der Waals surface area contributed by atoms with Crippen molar-refractivity contribution in [2.75, 3.05) is 26.7 Å². The normalized spacial score (nSPS) is 15.5. The van der Waals surface area contributed by atoms with Crippen molar-refractivity contribution in [3.63, 3.8) is 0 Å². The van der Waals surface area contributed by atoms with E-state index in [1.165, 1.54) is 6.07 Å². The van der Waals surface area contributed by atoms with Crippen molar-refractivity contribution in [2.45, 2.75) is 31.9 Å². The Kier molecular flexibility index (Phi) is 10.4. The highest BCUT2D eigenvalue weighted by molar-refractivity contribution is 14.0. The van der Waals surface area contributed by atoms with Crippen molar-refractivity contribution in [2.24, 2.45) is 4.99 Å². The molecule has 0 atom stereocenters. The van der Waals surface area contributed by atoms with Crippen LogP contribution in [0.15, 0.2) is 53.5 Å². The van der Waals surface area contributed by atoms with E-state index in [2.05, 4.69) is 15.6 Å². The summed E-state index contributed by atoms with van der Waals surface area (Å²) in [6, 6.07) is 13.9. The second kappa shape index (κ2) is 12.7. The quantitative estimate of drug-likeness (QED) is 0.301.